The molecule has 0 atom stereocenters. The quantitative estimate of drug-likeness (QED) is 0.616. The molecule has 0 bridgehead atoms. The number of para-hydroxylation sites is 1. The van der Waals surface area contributed by atoms with Gasteiger partial charge < -0.3 is 19.5 Å². The predicted molar refractivity (Wildman–Crippen MR) is 120 cm³/mol. The lowest BCUT2D eigenvalue weighted by Gasteiger charge is -2.16. The Balaban J connectivity index is 1.63. The Morgan fingerprint density at radius 1 is 0.906 bits per heavy atom. The minimum Gasteiger partial charge on any atom is -0.496 e. The maximum atomic E-state index is 13.6. The molecule has 0 saturated heterocycles. The van der Waals surface area contributed by atoms with Gasteiger partial charge in [-0.15, -0.1) is 0 Å². The first-order chi connectivity index (χ1) is 15.6. The first-order valence-corrected chi connectivity index (χ1v) is 10.1. The van der Waals surface area contributed by atoms with Crippen LogP contribution in [0.5, 0.6) is 17.2 Å². The number of aryl methyl sites for hydroxylation is 1. The summed E-state index contributed by atoms with van der Waals surface area (Å²) in [6, 6.07) is 19.7. The van der Waals surface area contributed by atoms with Crippen LogP contribution in [0.1, 0.15) is 11.1 Å². The lowest BCUT2D eigenvalue weighted by atomic mass is 10.0. The van der Waals surface area contributed by atoms with Crippen LogP contribution in [0.4, 0.5) is 11.4 Å². The summed E-state index contributed by atoms with van der Waals surface area (Å²) >= 11 is 0. The summed E-state index contributed by atoms with van der Waals surface area (Å²) in [6.45, 7) is 2.06. The molecule has 7 nitrogen and oxygen atoms in total. The molecule has 0 saturated carbocycles. The average Bonchev–Trinajstić information content (AvgIpc) is 3.35. The van der Waals surface area contributed by atoms with Gasteiger partial charge in [-0.3, -0.25) is 9.59 Å². The molecule has 2 aliphatic heterocycles. The van der Waals surface area contributed by atoms with Gasteiger partial charge in [-0.05, 0) is 42.8 Å². The molecule has 0 unspecified atom stereocenters. The summed E-state index contributed by atoms with van der Waals surface area (Å²) < 4.78 is 16.3. The molecule has 0 fully saturated rings. The molecule has 2 aliphatic rings. The Kier molecular flexibility index (Phi) is 4.78. The minimum atomic E-state index is -0.445. The van der Waals surface area contributed by atoms with E-state index in [4.69, 9.17) is 14.2 Å². The van der Waals surface area contributed by atoms with Gasteiger partial charge in [0.2, 0.25) is 6.79 Å². The lowest BCUT2D eigenvalue weighted by molar-refractivity contribution is -0.120. The van der Waals surface area contributed by atoms with Crippen molar-refractivity contribution in [2.45, 2.75) is 6.92 Å². The van der Waals surface area contributed by atoms with Crippen molar-refractivity contribution in [3.8, 4) is 17.2 Å². The molecule has 5 rings (SSSR count). The molecule has 3 aromatic rings. The van der Waals surface area contributed by atoms with Crippen molar-refractivity contribution in [2.75, 3.05) is 24.1 Å². The maximum absolute atomic E-state index is 13.6. The number of hydrogen-bond donors (Lipinski definition) is 1. The Bertz CT molecular complexity index is 1280. The maximum Gasteiger partial charge on any atom is 0.282 e. The SMILES string of the molecule is COc1ccccc1C1=C(Nc2ccc3c(c2)OCO3)C(=O)N(c2cccc(C)c2)C1=O. The van der Waals surface area contributed by atoms with E-state index < -0.39 is 11.8 Å². The average molecular weight is 428 g/mol. The Hall–Kier alpha value is -4.26. The van der Waals surface area contributed by atoms with Crippen LogP contribution in [0, 0.1) is 6.92 Å². The van der Waals surface area contributed by atoms with Crippen LogP contribution in [0.3, 0.4) is 0 Å². The topological polar surface area (TPSA) is 77.1 Å². The van der Waals surface area contributed by atoms with Crippen molar-refractivity contribution in [2.24, 2.45) is 0 Å². The van der Waals surface area contributed by atoms with Crippen molar-refractivity contribution < 1.29 is 23.8 Å². The van der Waals surface area contributed by atoms with E-state index in [1.807, 2.05) is 25.1 Å². The summed E-state index contributed by atoms with van der Waals surface area (Å²) in [5.41, 5.74) is 3.00. The molecule has 0 aliphatic carbocycles. The summed E-state index contributed by atoms with van der Waals surface area (Å²) in [5.74, 6) is 0.832. The summed E-state index contributed by atoms with van der Waals surface area (Å²) in [7, 11) is 1.53. The van der Waals surface area contributed by atoms with Crippen molar-refractivity contribution in [3.05, 3.63) is 83.6 Å². The van der Waals surface area contributed by atoms with Crippen LogP contribution in [0.25, 0.3) is 5.57 Å². The number of ether oxygens (including phenoxy) is 3. The van der Waals surface area contributed by atoms with Crippen molar-refractivity contribution in [3.63, 3.8) is 0 Å². The molecule has 160 valence electrons. The zero-order valence-corrected chi connectivity index (χ0v) is 17.5. The van der Waals surface area contributed by atoms with Crippen LogP contribution in [0.2, 0.25) is 0 Å². The third-order valence-electron chi connectivity index (χ3n) is 5.36. The van der Waals surface area contributed by atoms with E-state index in [1.165, 1.54) is 12.0 Å². The number of carbonyl (C=O) groups excluding carboxylic acids is 2. The number of nitrogens with one attached hydrogen (secondary N) is 1. The monoisotopic (exact) mass is 428 g/mol. The molecule has 2 heterocycles. The van der Waals surface area contributed by atoms with Crippen LogP contribution in [-0.4, -0.2) is 25.7 Å². The molecule has 3 aromatic carbocycles. The third-order valence-corrected chi connectivity index (χ3v) is 5.36. The fourth-order valence-corrected chi connectivity index (χ4v) is 3.87. The second-order valence-corrected chi connectivity index (χ2v) is 7.43. The third kappa shape index (κ3) is 3.24. The van der Waals surface area contributed by atoms with E-state index in [0.29, 0.717) is 34.2 Å². The number of amides is 2. The highest BCUT2D eigenvalue weighted by atomic mass is 16.7. The van der Waals surface area contributed by atoms with Crippen LogP contribution in [0.15, 0.2) is 72.4 Å². The van der Waals surface area contributed by atoms with Gasteiger partial charge in [0.1, 0.15) is 11.4 Å². The number of imide groups is 1. The molecule has 0 spiro atoms. The first-order valence-electron chi connectivity index (χ1n) is 10.1. The van der Waals surface area contributed by atoms with E-state index in [1.54, 1.807) is 48.5 Å². The summed E-state index contributed by atoms with van der Waals surface area (Å²) in [4.78, 5) is 28.3. The first kappa shape index (κ1) is 19.7. The summed E-state index contributed by atoms with van der Waals surface area (Å²) in [6.07, 6.45) is 0. The van der Waals surface area contributed by atoms with E-state index in [2.05, 4.69) is 5.32 Å². The zero-order valence-electron chi connectivity index (χ0n) is 17.5. The fraction of sp³-hybridized carbons (Fsp3) is 0.120. The normalized spacial score (nSPS) is 14.9. The molecule has 7 heteroatoms. The van der Waals surface area contributed by atoms with Gasteiger partial charge in [-0.25, -0.2) is 4.90 Å². The van der Waals surface area contributed by atoms with Crippen molar-refractivity contribution in [1.82, 2.24) is 0 Å². The number of rotatable bonds is 5. The van der Waals surface area contributed by atoms with Gasteiger partial charge in [0, 0.05) is 17.3 Å². The van der Waals surface area contributed by atoms with E-state index in [-0.39, 0.29) is 18.1 Å². The molecule has 0 radical (unpaired) electrons. The number of carbonyl (C=O) groups is 2. The van der Waals surface area contributed by atoms with Gasteiger partial charge in [0.15, 0.2) is 11.5 Å². The predicted octanol–water partition coefficient (Wildman–Crippen LogP) is 4.13. The number of methoxy groups -OCH3 is 1. The van der Waals surface area contributed by atoms with E-state index >= 15 is 0 Å². The number of benzene rings is 3. The van der Waals surface area contributed by atoms with Crippen LogP contribution in [-0.2, 0) is 9.59 Å². The molecular formula is C25H20N2O5. The summed E-state index contributed by atoms with van der Waals surface area (Å²) in [5, 5.41) is 3.14. The van der Waals surface area contributed by atoms with Crippen molar-refractivity contribution in [1.29, 1.82) is 0 Å². The number of anilines is 2. The number of hydrogen-bond acceptors (Lipinski definition) is 6. The molecular weight excluding hydrogens is 408 g/mol. The molecule has 2 amide bonds. The highest BCUT2D eigenvalue weighted by molar-refractivity contribution is 6.46. The van der Waals surface area contributed by atoms with Gasteiger partial charge in [0.25, 0.3) is 11.8 Å². The van der Waals surface area contributed by atoms with Crippen molar-refractivity contribution >= 4 is 28.8 Å². The number of nitrogens with zero attached hydrogens (tertiary/aromatic N) is 1. The van der Waals surface area contributed by atoms with Gasteiger partial charge in [0.05, 0.1) is 18.4 Å². The van der Waals surface area contributed by atoms with Gasteiger partial charge >= 0.3 is 0 Å². The number of fused-ring (bicyclic) bond motifs is 1. The van der Waals surface area contributed by atoms with Crippen LogP contribution < -0.4 is 24.4 Å². The Labute approximate surface area is 184 Å². The fourth-order valence-electron chi connectivity index (χ4n) is 3.87. The van der Waals surface area contributed by atoms with Crippen LogP contribution >= 0.6 is 0 Å². The smallest absolute Gasteiger partial charge is 0.282 e. The largest absolute Gasteiger partial charge is 0.496 e. The van der Waals surface area contributed by atoms with Gasteiger partial charge in [-0.2, -0.15) is 0 Å². The molecule has 0 aromatic heterocycles. The second kappa shape index (κ2) is 7.77. The second-order valence-electron chi connectivity index (χ2n) is 7.43. The van der Waals surface area contributed by atoms with E-state index in [0.717, 1.165) is 5.56 Å². The standard InChI is InChI=1S/C25H20N2O5/c1-15-6-5-7-17(12-15)27-24(28)22(18-8-3-4-9-19(18)30-2)23(25(27)29)26-16-10-11-20-21(13-16)32-14-31-20/h3-13,26H,14H2,1-2H3. The Morgan fingerprint density at radius 3 is 2.53 bits per heavy atom. The lowest BCUT2D eigenvalue weighted by Crippen LogP contribution is -2.32. The highest BCUT2D eigenvalue weighted by Gasteiger charge is 2.41. The van der Waals surface area contributed by atoms with E-state index in [9.17, 15) is 9.59 Å². The van der Waals surface area contributed by atoms with Gasteiger partial charge in [-0.1, -0.05) is 30.3 Å². The highest BCUT2D eigenvalue weighted by Crippen LogP contribution is 2.39. The Morgan fingerprint density at radius 2 is 1.72 bits per heavy atom. The molecule has 1 N–H and O–H groups in total. The molecule has 32 heavy (non-hydrogen) atoms. The minimum absolute atomic E-state index is 0.145. The zero-order chi connectivity index (χ0) is 22.2.